The number of nitrogen functional groups attached to an aromatic ring is 1. The van der Waals surface area contributed by atoms with Crippen molar-refractivity contribution in [1.82, 2.24) is 29.9 Å². The van der Waals surface area contributed by atoms with Gasteiger partial charge in [-0.1, -0.05) is 32.1 Å². The van der Waals surface area contributed by atoms with Gasteiger partial charge in [0.15, 0.2) is 0 Å². The summed E-state index contributed by atoms with van der Waals surface area (Å²) in [6.07, 6.45) is 3.43. The quantitative estimate of drug-likeness (QED) is 0.795. The van der Waals surface area contributed by atoms with Crippen LogP contribution < -0.4 is 5.73 Å². The molecule has 2 N–H and O–H groups in total. The molecule has 0 aliphatic heterocycles. The first-order valence-corrected chi connectivity index (χ1v) is 7.37. The molecule has 0 fully saturated rings. The number of rotatable bonds is 3. The lowest BCUT2D eigenvalue weighted by atomic mass is 9.91. The number of aromatic nitrogens is 6. The van der Waals surface area contributed by atoms with Gasteiger partial charge in [-0.15, -0.1) is 5.10 Å². The first-order valence-electron chi connectivity index (χ1n) is 7.37. The van der Waals surface area contributed by atoms with E-state index in [4.69, 9.17) is 10.7 Å². The van der Waals surface area contributed by atoms with Crippen molar-refractivity contribution in [2.75, 3.05) is 5.73 Å². The van der Waals surface area contributed by atoms with E-state index in [1.165, 1.54) is 0 Å². The fraction of sp³-hybridized carbons (Fsp3) is 0.312. The van der Waals surface area contributed by atoms with Crippen LogP contribution in [0.2, 0.25) is 0 Å². The summed E-state index contributed by atoms with van der Waals surface area (Å²) >= 11 is 0. The molecule has 3 aromatic heterocycles. The third-order valence-electron chi connectivity index (χ3n) is 3.37. The van der Waals surface area contributed by atoms with Crippen LogP contribution in [0.5, 0.6) is 0 Å². The van der Waals surface area contributed by atoms with E-state index in [9.17, 15) is 0 Å². The largest absolute Gasteiger partial charge is 0.368 e. The average Bonchev–Trinajstić information content (AvgIpc) is 2.95. The molecule has 3 aromatic rings. The molecule has 0 aliphatic rings. The Balaban J connectivity index is 1.82. The molecule has 0 atom stereocenters. The van der Waals surface area contributed by atoms with Crippen molar-refractivity contribution < 1.29 is 0 Å². The second-order valence-electron chi connectivity index (χ2n) is 6.37. The molecule has 7 nitrogen and oxygen atoms in total. The maximum absolute atomic E-state index is 5.60. The Morgan fingerprint density at radius 1 is 1.09 bits per heavy atom. The van der Waals surface area contributed by atoms with Crippen LogP contribution >= 0.6 is 0 Å². The van der Waals surface area contributed by atoms with Crippen LogP contribution in [-0.2, 0) is 12.0 Å². The van der Waals surface area contributed by atoms with Gasteiger partial charge >= 0.3 is 0 Å². The maximum Gasteiger partial charge on any atom is 0.220 e. The van der Waals surface area contributed by atoms with E-state index in [1.54, 1.807) is 16.9 Å². The maximum atomic E-state index is 5.60. The van der Waals surface area contributed by atoms with E-state index in [-0.39, 0.29) is 11.4 Å². The summed E-state index contributed by atoms with van der Waals surface area (Å²) in [5.74, 6) is 0.219. The van der Waals surface area contributed by atoms with E-state index >= 15 is 0 Å². The van der Waals surface area contributed by atoms with Gasteiger partial charge in [-0.25, -0.2) is 14.6 Å². The minimum Gasteiger partial charge on any atom is -0.368 e. The monoisotopic (exact) mass is 309 g/mol. The van der Waals surface area contributed by atoms with Gasteiger partial charge in [-0.3, -0.25) is 4.98 Å². The molecule has 0 saturated heterocycles. The summed E-state index contributed by atoms with van der Waals surface area (Å²) < 4.78 is 1.74. The summed E-state index contributed by atoms with van der Waals surface area (Å²) in [5.41, 5.74) is 8.92. The number of hydrogen-bond acceptors (Lipinski definition) is 6. The Morgan fingerprint density at radius 2 is 1.91 bits per heavy atom. The summed E-state index contributed by atoms with van der Waals surface area (Å²) in [4.78, 5) is 12.7. The summed E-state index contributed by atoms with van der Waals surface area (Å²) in [6.45, 7) is 6.99. The highest BCUT2D eigenvalue weighted by atomic mass is 15.4. The van der Waals surface area contributed by atoms with Crippen LogP contribution in [-0.4, -0.2) is 29.9 Å². The lowest BCUT2D eigenvalue weighted by Crippen LogP contribution is -2.15. The Labute approximate surface area is 134 Å². The Bertz CT molecular complexity index is 817. The summed E-state index contributed by atoms with van der Waals surface area (Å²) in [6, 6.07) is 7.80. The number of hydrogen-bond donors (Lipinski definition) is 1. The zero-order chi connectivity index (χ0) is 16.4. The third-order valence-corrected chi connectivity index (χ3v) is 3.37. The predicted molar refractivity (Wildman–Crippen MR) is 87.5 cm³/mol. The van der Waals surface area contributed by atoms with Gasteiger partial charge in [0.05, 0.1) is 24.1 Å². The molecular formula is C16H19N7. The second kappa shape index (κ2) is 5.75. The predicted octanol–water partition coefficient (Wildman–Crippen LogP) is 2.06. The van der Waals surface area contributed by atoms with Crippen LogP contribution in [0.25, 0.3) is 11.4 Å². The van der Waals surface area contributed by atoms with Crippen LogP contribution in [0.15, 0.2) is 36.7 Å². The van der Waals surface area contributed by atoms with Crippen molar-refractivity contribution in [3.8, 4) is 11.4 Å². The molecule has 0 bridgehead atoms. The van der Waals surface area contributed by atoms with Gasteiger partial charge in [-0.05, 0) is 18.2 Å². The standard InChI is InChI=1S/C16H19N7/c1-16(2,3)14-6-4-5-11(19-14)9-23-10-13(21-22-23)12-7-8-18-15(17)20-12/h4-8,10H,9H2,1-3H3,(H2,17,18,20). The molecule has 0 spiro atoms. The third kappa shape index (κ3) is 3.50. The minimum absolute atomic E-state index is 0.0159. The van der Waals surface area contributed by atoms with Crippen LogP contribution in [0.3, 0.4) is 0 Å². The van der Waals surface area contributed by atoms with Crippen molar-refractivity contribution >= 4 is 5.95 Å². The molecule has 0 unspecified atom stereocenters. The Hall–Kier alpha value is -2.83. The second-order valence-corrected chi connectivity index (χ2v) is 6.37. The molecule has 0 aliphatic carbocycles. The van der Waals surface area contributed by atoms with E-state index < -0.39 is 0 Å². The lowest BCUT2D eigenvalue weighted by molar-refractivity contribution is 0.559. The Morgan fingerprint density at radius 3 is 2.65 bits per heavy atom. The normalized spacial score (nSPS) is 11.6. The molecule has 0 amide bonds. The molecule has 0 radical (unpaired) electrons. The van der Waals surface area contributed by atoms with Crippen LogP contribution in [0, 0.1) is 0 Å². The van der Waals surface area contributed by atoms with Crippen molar-refractivity contribution in [3.05, 3.63) is 48.0 Å². The number of anilines is 1. The lowest BCUT2D eigenvalue weighted by Gasteiger charge is -2.18. The van der Waals surface area contributed by atoms with Crippen molar-refractivity contribution in [1.29, 1.82) is 0 Å². The van der Waals surface area contributed by atoms with Crippen molar-refractivity contribution in [3.63, 3.8) is 0 Å². The van der Waals surface area contributed by atoms with Gasteiger partial charge in [0.1, 0.15) is 5.69 Å². The fourth-order valence-electron chi connectivity index (χ4n) is 2.16. The highest BCUT2D eigenvalue weighted by Gasteiger charge is 2.15. The van der Waals surface area contributed by atoms with Crippen LogP contribution in [0.1, 0.15) is 32.2 Å². The molecule has 0 aromatic carbocycles. The SMILES string of the molecule is CC(C)(C)c1cccc(Cn2cc(-c3ccnc(N)n3)nn2)n1. The average molecular weight is 309 g/mol. The highest BCUT2D eigenvalue weighted by molar-refractivity contribution is 5.52. The molecule has 7 heteroatoms. The van der Waals surface area contributed by atoms with Crippen molar-refractivity contribution in [2.24, 2.45) is 0 Å². The van der Waals surface area contributed by atoms with E-state index in [2.05, 4.69) is 41.1 Å². The van der Waals surface area contributed by atoms with Crippen LogP contribution in [0.4, 0.5) is 5.95 Å². The smallest absolute Gasteiger partial charge is 0.220 e. The van der Waals surface area contributed by atoms with E-state index in [0.717, 1.165) is 11.4 Å². The molecule has 118 valence electrons. The Kier molecular flexibility index (Phi) is 3.77. The minimum atomic E-state index is 0.0159. The number of nitrogens with two attached hydrogens (primary N) is 1. The number of pyridine rings is 1. The first kappa shape index (κ1) is 15.1. The topological polar surface area (TPSA) is 95.4 Å². The van der Waals surface area contributed by atoms with Gasteiger partial charge in [0.2, 0.25) is 5.95 Å². The van der Waals surface area contributed by atoms with Gasteiger partial charge in [0, 0.05) is 17.3 Å². The van der Waals surface area contributed by atoms with Gasteiger partial charge in [-0.2, -0.15) is 0 Å². The van der Waals surface area contributed by atoms with E-state index in [1.807, 2.05) is 24.4 Å². The highest BCUT2D eigenvalue weighted by Crippen LogP contribution is 2.20. The van der Waals surface area contributed by atoms with E-state index in [0.29, 0.717) is 17.9 Å². The zero-order valence-corrected chi connectivity index (χ0v) is 13.4. The molecule has 3 rings (SSSR count). The van der Waals surface area contributed by atoms with Crippen molar-refractivity contribution in [2.45, 2.75) is 32.7 Å². The summed E-state index contributed by atoms with van der Waals surface area (Å²) in [5, 5.41) is 8.27. The first-order chi connectivity index (χ1) is 10.9. The summed E-state index contributed by atoms with van der Waals surface area (Å²) in [7, 11) is 0. The van der Waals surface area contributed by atoms with Gasteiger partial charge < -0.3 is 5.73 Å². The zero-order valence-electron chi connectivity index (χ0n) is 13.4. The molecular weight excluding hydrogens is 290 g/mol. The molecule has 3 heterocycles. The molecule has 23 heavy (non-hydrogen) atoms. The fourth-order valence-corrected chi connectivity index (χ4v) is 2.16. The number of nitrogens with zero attached hydrogens (tertiary/aromatic N) is 6. The van der Waals surface area contributed by atoms with Gasteiger partial charge in [0.25, 0.3) is 0 Å². The molecule has 0 saturated carbocycles.